The van der Waals surface area contributed by atoms with Crippen LogP contribution in [0.4, 0.5) is 0 Å². The van der Waals surface area contributed by atoms with E-state index in [1.165, 1.54) is 6.26 Å². The minimum atomic E-state index is -2.85. The van der Waals surface area contributed by atoms with Crippen LogP contribution in [-0.4, -0.2) is 46.0 Å². The summed E-state index contributed by atoms with van der Waals surface area (Å²) in [6.07, 6.45) is 4.69. The first kappa shape index (κ1) is 14.4. The molecule has 6 heteroatoms. The molecule has 0 aromatic carbocycles. The molecule has 0 bridgehead atoms. The number of nitrogens with one attached hydrogen (secondary N) is 2. The first-order chi connectivity index (χ1) is 7.92. The highest BCUT2D eigenvalue weighted by Gasteiger charge is 2.25. The van der Waals surface area contributed by atoms with Crippen molar-refractivity contribution in [2.45, 2.75) is 31.7 Å². The maximum Gasteiger partial charge on any atom is 0.236 e. The highest BCUT2D eigenvalue weighted by atomic mass is 32.2. The Morgan fingerprint density at radius 1 is 1.47 bits per heavy atom. The minimum absolute atomic E-state index is 0.0258. The van der Waals surface area contributed by atoms with Gasteiger partial charge in [0, 0.05) is 19.1 Å². The maximum atomic E-state index is 11.5. The van der Waals surface area contributed by atoms with E-state index in [0.29, 0.717) is 12.3 Å². The molecule has 1 saturated heterocycles. The second kappa shape index (κ2) is 6.35. The molecule has 1 aliphatic rings. The molecule has 0 radical (unpaired) electrons. The third-order valence-electron chi connectivity index (χ3n) is 3.20. The molecule has 0 spiro atoms. The van der Waals surface area contributed by atoms with Crippen molar-refractivity contribution in [3.05, 3.63) is 0 Å². The van der Waals surface area contributed by atoms with Crippen molar-refractivity contribution < 1.29 is 13.2 Å². The Bertz CT molecular complexity index is 354. The third-order valence-corrected chi connectivity index (χ3v) is 4.23. The fourth-order valence-electron chi connectivity index (χ4n) is 2.27. The Morgan fingerprint density at radius 2 is 2.18 bits per heavy atom. The minimum Gasteiger partial charge on any atom is -0.358 e. The topological polar surface area (TPSA) is 75.3 Å². The fraction of sp³-hybridized carbons (Fsp3) is 0.909. The second-order valence-electron chi connectivity index (χ2n) is 4.78. The summed E-state index contributed by atoms with van der Waals surface area (Å²) in [4.78, 5) is 11.5. The summed E-state index contributed by atoms with van der Waals surface area (Å²) in [5.41, 5.74) is 0. The van der Waals surface area contributed by atoms with E-state index in [1.54, 1.807) is 7.05 Å². The SMILES string of the molecule is CNC(=O)C1CC(CCCS(C)(=O)=O)CCN1. The Morgan fingerprint density at radius 3 is 2.76 bits per heavy atom. The Balaban J connectivity index is 2.32. The van der Waals surface area contributed by atoms with Gasteiger partial charge in [0.15, 0.2) is 0 Å². The van der Waals surface area contributed by atoms with Gasteiger partial charge in [-0.05, 0) is 38.1 Å². The first-order valence-corrected chi connectivity index (χ1v) is 8.11. The summed E-state index contributed by atoms with van der Waals surface area (Å²) >= 11 is 0. The summed E-state index contributed by atoms with van der Waals surface area (Å²) in [6, 6.07) is -0.114. The van der Waals surface area contributed by atoms with E-state index in [0.717, 1.165) is 25.8 Å². The molecule has 1 rings (SSSR count). The monoisotopic (exact) mass is 262 g/mol. The zero-order valence-corrected chi connectivity index (χ0v) is 11.3. The average molecular weight is 262 g/mol. The number of carbonyl (C=O) groups is 1. The van der Waals surface area contributed by atoms with Gasteiger partial charge < -0.3 is 10.6 Å². The van der Waals surface area contributed by atoms with Gasteiger partial charge in [-0.3, -0.25) is 4.79 Å². The molecule has 0 aliphatic carbocycles. The molecular weight excluding hydrogens is 240 g/mol. The molecule has 0 aromatic rings. The van der Waals surface area contributed by atoms with Crippen LogP contribution in [0.1, 0.15) is 25.7 Å². The van der Waals surface area contributed by atoms with Crippen LogP contribution in [0.15, 0.2) is 0 Å². The lowest BCUT2D eigenvalue weighted by atomic mass is 9.88. The number of amides is 1. The largest absolute Gasteiger partial charge is 0.358 e. The van der Waals surface area contributed by atoms with Crippen molar-refractivity contribution in [2.75, 3.05) is 25.6 Å². The van der Waals surface area contributed by atoms with Gasteiger partial charge in [0.2, 0.25) is 5.91 Å². The lowest BCUT2D eigenvalue weighted by Gasteiger charge is -2.29. The lowest BCUT2D eigenvalue weighted by Crippen LogP contribution is -2.47. The zero-order valence-electron chi connectivity index (χ0n) is 10.5. The van der Waals surface area contributed by atoms with Crippen LogP contribution in [-0.2, 0) is 14.6 Å². The van der Waals surface area contributed by atoms with Gasteiger partial charge in [-0.1, -0.05) is 0 Å². The highest BCUT2D eigenvalue weighted by molar-refractivity contribution is 7.90. The van der Waals surface area contributed by atoms with Crippen molar-refractivity contribution in [3.8, 4) is 0 Å². The van der Waals surface area contributed by atoms with E-state index >= 15 is 0 Å². The Kier molecular flexibility index (Phi) is 5.39. The van der Waals surface area contributed by atoms with Gasteiger partial charge in [-0.25, -0.2) is 8.42 Å². The van der Waals surface area contributed by atoms with Gasteiger partial charge in [-0.2, -0.15) is 0 Å². The standard InChI is InChI=1S/C11H22N2O3S/c1-12-11(14)10-8-9(5-6-13-10)4-3-7-17(2,15)16/h9-10,13H,3-8H2,1-2H3,(H,12,14). The van der Waals surface area contributed by atoms with Gasteiger partial charge in [0.1, 0.15) is 9.84 Å². The first-order valence-electron chi connectivity index (χ1n) is 6.05. The maximum absolute atomic E-state index is 11.5. The summed E-state index contributed by atoms with van der Waals surface area (Å²) < 4.78 is 22.0. The molecule has 5 nitrogen and oxygen atoms in total. The van der Waals surface area contributed by atoms with E-state index in [-0.39, 0.29) is 17.7 Å². The van der Waals surface area contributed by atoms with Crippen LogP contribution >= 0.6 is 0 Å². The molecule has 2 unspecified atom stereocenters. The van der Waals surface area contributed by atoms with Gasteiger partial charge >= 0.3 is 0 Å². The molecule has 1 aliphatic heterocycles. The van der Waals surface area contributed by atoms with Crippen LogP contribution in [0.3, 0.4) is 0 Å². The quantitative estimate of drug-likeness (QED) is 0.727. The molecule has 2 atom stereocenters. The number of sulfone groups is 1. The molecular formula is C11H22N2O3S. The molecule has 100 valence electrons. The van der Waals surface area contributed by atoms with Crippen LogP contribution in [0.25, 0.3) is 0 Å². The van der Waals surface area contributed by atoms with Crippen LogP contribution in [0.2, 0.25) is 0 Å². The fourth-order valence-corrected chi connectivity index (χ4v) is 2.96. The second-order valence-corrected chi connectivity index (χ2v) is 7.04. The Hall–Kier alpha value is -0.620. The summed E-state index contributed by atoms with van der Waals surface area (Å²) in [5, 5.41) is 5.81. The number of rotatable bonds is 5. The molecule has 2 N–H and O–H groups in total. The normalized spacial score (nSPS) is 25.5. The van der Waals surface area contributed by atoms with Crippen molar-refractivity contribution in [1.29, 1.82) is 0 Å². The molecule has 0 saturated carbocycles. The summed E-state index contributed by atoms with van der Waals surface area (Å²) in [6.45, 7) is 0.835. The highest BCUT2D eigenvalue weighted by Crippen LogP contribution is 2.21. The molecule has 0 aromatic heterocycles. The van der Waals surface area contributed by atoms with E-state index in [4.69, 9.17) is 0 Å². The van der Waals surface area contributed by atoms with E-state index in [1.807, 2.05) is 0 Å². The van der Waals surface area contributed by atoms with E-state index < -0.39 is 9.84 Å². The number of piperidine rings is 1. The van der Waals surface area contributed by atoms with Crippen molar-refractivity contribution in [3.63, 3.8) is 0 Å². The molecule has 17 heavy (non-hydrogen) atoms. The van der Waals surface area contributed by atoms with Crippen LogP contribution < -0.4 is 10.6 Å². The molecule has 1 fully saturated rings. The average Bonchev–Trinajstić information content (AvgIpc) is 2.27. The van der Waals surface area contributed by atoms with Gasteiger partial charge in [-0.15, -0.1) is 0 Å². The van der Waals surface area contributed by atoms with E-state index in [2.05, 4.69) is 10.6 Å². The lowest BCUT2D eigenvalue weighted by molar-refractivity contribution is -0.123. The zero-order chi connectivity index (χ0) is 12.9. The number of likely N-dealkylation sites (N-methyl/N-ethyl adjacent to an activating group) is 1. The molecule has 1 amide bonds. The van der Waals surface area contributed by atoms with Crippen LogP contribution in [0, 0.1) is 5.92 Å². The van der Waals surface area contributed by atoms with Crippen molar-refractivity contribution >= 4 is 15.7 Å². The number of hydrogen-bond acceptors (Lipinski definition) is 4. The molecule has 1 heterocycles. The number of carbonyl (C=O) groups excluding carboxylic acids is 1. The number of hydrogen-bond donors (Lipinski definition) is 2. The predicted octanol–water partition coefficient (Wildman–Crippen LogP) is -0.0746. The van der Waals surface area contributed by atoms with Gasteiger partial charge in [0.05, 0.1) is 6.04 Å². The third kappa shape index (κ3) is 5.50. The Labute approximate surface area is 103 Å². The van der Waals surface area contributed by atoms with Crippen molar-refractivity contribution in [1.82, 2.24) is 10.6 Å². The van der Waals surface area contributed by atoms with Crippen molar-refractivity contribution in [2.24, 2.45) is 5.92 Å². The van der Waals surface area contributed by atoms with Gasteiger partial charge in [0.25, 0.3) is 0 Å². The summed E-state index contributed by atoms with van der Waals surface area (Å²) in [5.74, 6) is 0.736. The summed E-state index contributed by atoms with van der Waals surface area (Å²) in [7, 11) is -1.22. The predicted molar refractivity (Wildman–Crippen MR) is 67.5 cm³/mol. The van der Waals surface area contributed by atoms with E-state index in [9.17, 15) is 13.2 Å². The smallest absolute Gasteiger partial charge is 0.236 e. The van der Waals surface area contributed by atoms with Crippen LogP contribution in [0.5, 0.6) is 0 Å².